The molecule has 0 aromatic heterocycles. The SMILES string of the molecule is CN1C(I)=C2C(N)=NC=CN2C1[C@H]1CC[C@H](CO)CC1. The number of aliphatic hydroxyl groups is 1. The summed E-state index contributed by atoms with van der Waals surface area (Å²) in [7, 11) is 2.14. The van der Waals surface area contributed by atoms with Crippen molar-refractivity contribution < 1.29 is 5.11 Å². The van der Waals surface area contributed by atoms with Gasteiger partial charge in [0.25, 0.3) is 0 Å². The summed E-state index contributed by atoms with van der Waals surface area (Å²) in [4.78, 5) is 8.80. The molecular formula is C14H21IN4O. The van der Waals surface area contributed by atoms with Crippen LogP contribution in [0, 0.1) is 11.8 Å². The summed E-state index contributed by atoms with van der Waals surface area (Å²) in [5.74, 6) is 1.71. The van der Waals surface area contributed by atoms with Crippen LogP contribution in [-0.2, 0) is 0 Å². The normalized spacial score (nSPS) is 33.5. The molecule has 5 nitrogen and oxygen atoms in total. The minimum Gasteiger partial charge on any atom is -0.396 e. The van der Waals surface area contributed by atoms with Crippen LogP contribution >= 0.6 is 22.6 Å². The van der Waals surface area contributed by atoms with Gasteiger partial charge in [-0.05, 0) is 60.1 Å². The lowest BCUT2D eigenvalue weighted by atomic mass is 9.80. The predicted octanol–water partition coefficient (Wildman–Crippen LogP) is 1.80. The molecule has 3 rings (SSSR count). The zero-order valence-electron chi connectivity index (χ0n) is 11.7. The molecule has 0 bridgehead atoms. The van der Waals surface area contributed by atoms with Gasteiger partial charge in [0.1, 0.15) is 21.4 Å². The Morgan fingerprint density at radius 3 is 2.75 bits per heavy atom. The van der Waals surface area contributed by atoms with E-state index >= 15 is 0 Å². The molecule has 3 N–H and O–H groups in total. The molecule has 1 atom stereocenters. The fourth-order valence-corrected chi connectivity index (χ4v) is 4.41. The molecule has 1 saturated carbocycles. The second kappa shape index (κ2) is 5.55. The van der Waals surface area contributed by atoms with Crippen molar-refractivity contribution in [1.82, 2.24) is 9.80 Å². The summed E-state index contributed by atoms with van der Waals surface area (Å²) in [6, 6.07) is 0. The van der Waals surface area contributed by atoms with Gasteiger partial charge in [-0.15, -0.1) is 0 Å². The van der Waals surface area contributed by atoms with E-state index in [4.69, 9.17) is 5.73 Å². The summed E-state index contributed by atoms with van der Waals surface area (Å²) < 4.78 is 1.17. The Bertz CT molecular complexity index is 480. The molecule has 2 aliphatic heterocycles. The van der Waals surface area contributed by atoms with Gasteiger partial charge in [0.15, 0.2) is 0 Å². The molecular weight excluding hydrogens is 367 g/mol. The lowest BCUT2D eigenvalue weighted by molar-refractivity contribution is 0.0828. The summed E-state index contributed by atoms with van der Waals surface area (Å²) in [5, 5.41) is 9.29. The van der Waals surface area contributed by atoms with Crippen molar-refractivity contribution >= 4 is 28.4 Å². The van der Waals surface area contributed by atoms with E-state index in [1.807, 2.05) is 6.20 Å². The maximum absolute atomic E-state index is 9.29. The Morgan fingerprint density at radius 2 is 2.10 bits per heavy atom. The highest BCUT2D eigenvalue weighted by Crippen LogP contribution is 2.42. The number of rotatable bonds is 2. The largest absolute Gasteiger partial charge is 0.396 e. The van der Waals surface area contributed by atoms with Gasteiger partial charge in [-0.1, -0.05) is 0 Å². The van der Waals surface area contributed by atoms with Crippen LogP contribution in [0.25, 0.3) is 0 Å². The van der Waals surface area contributed by atoms with Crippen LogP contribution in [0.3, 0.4) is 0 Å². The maximum Gasteiger partial charge on any atom is 0.150 e. The lowest BCUT2D eigenvalue weighted by Crippen LogP contribution is -2.44. The smallest absolute Gasteiger partial charge is 0.150 e. The van der Waals surface area contributed by atoms with Crippen LogP contribution in [0.5, 0.6) is 0 Å². The summed E-state index contributed by atoms with van der Waals surface area (Å²) in [6.07, 6.45) is 8.74. The van der Waals surface area contributed by atoms with Crippen LogP contribution in [-0.4, -0.2) is 40.6 Å². The zero-order chi connectivity index (χ0) is 14.3. The van der Waals surface area contributed by atoms with E-state index < -0.39 is 0 Å². The van der Waals surface area contributed by atoms with Gasteiger partial charge >= 0.3 is 0 Å². The van der Waals surface area contributed by atoms with E-state index in [2.05, 4.69) is 44.4 Å². The number of halogens is 1. The van der Waals surface area contributed by atoms with Gasteiger partial charge in [0, 0.05) is 26.1 Å². The van der Waals surface area contributed by atoms with Gasteiger partial charge in [-0.25, -0.2) is 4.99 Å². The van der Waals surface area contributed by atoms with Gasteiger partial charge in [0.05, 0.1) is 0 Å². The van der Waals surface area contributed by atoms with Crippen LogP contribution in [0.4, 0.5) is 0 Å². The van der Waals surface area contributed by atoms with Crippen LogP contribution < -0.4 is 5.73 Å². The monoisotopic (exact) mass is 388 g/mol. The first kappa shape index (κ1) is 14.2. The quantitative estimate of drug-likeness (QED) is 0.560. The van der Waals surface area contributed by atoms with Crippen molar-refractivity contribution in [3.05, 3.63) is 21.8 Å². The number of aliphatic imine (C=N–C) groups is 1. The molecule has 20 heavy (non-hydrogen) atoms. The summed E-state index contributed by atoms with van der Waals surface area (Å²) >= 11 is 2.36. The molecule has 3 aliphatic rings. The van der Waals surface area contributed by atoms with E-state index in [0.717, 1.165) is 18.5 Å². The van der Waals surface area contributed by atoms with Crippen molar-refractivity contribution in [1.29, 1.82) is 0 Å². The Balaban J connectivity index is 1.80. The fourth-order valence-electron chi connectivity index (χ4n) is 3.57. The number of nitrogens with two attached hydrogens (primary N) is 1. The molecule has 0 saturated heterocycles. The molecule has 6 heteroatoms. The Morgan fingerprint density at radius 1 is 1.40 bits per heavy atom. The minimum absolute atomic E-state index is 0.331. The number of aliphatic hydroxyl groups excluding tert-OH is 1. The van der Waals surface area contributed by atoms with Gasteiger partial charge in [0.2, 0.25) is 0 Å². The first-order valence-electron chi connectivity index (χ1n) is 7.15. The van der Waals surface area contributed by atoms with E-state index in [9.17, 15) is 5.11 Å². The second-order valence-corrected chi connectivity index (χ2v) is 6.87. The molecule has 2 heterocycles. The Hall–Kier alpha value is -0.760. The minimum atomic E-state index is 0.331. The lowest BCUT2D eigenvalue weighted by Gasteiger charge is -2.40. The average molecular weight is 388 g/mol. The van der Waals surface area contributed by atoms with Gasteiger partial charge in [-0.3, -0.25) is 0 Å². The van der Waals surface area contributed by atoms with Crippen LogP contribution in [0.2, 0.25) is 0 Å². The number of hydrogen-bond donors (Lipinski definition) is 2. The number of amidine groups is 1. The third-order valence-electron chi connectivity index (χ3n) is 4.70. The number of fused-ring (bicyclic) bond motifs is 1. The third kappa shape index (κ3) is 2.22. The topological polar surface area (TPSA) is 65.1 Å². The molecule has 1 unspecified atom stereocenters. The van der Waals surface area contributed by atoms with Crippen LogP contribution in [0.1, 0.15) is 25.7 Å². The molecule has 110 valence electrons. The van der Waals surface area contributed by atoms with Gasteiger partial charge in [-0.2, -0.15) is 0 Å². The van der Waals surface area contributed by atoms with E-state index in [1.54, 1.807) is 6.20 Å². The van der Waals surface area contributed by atoms with Crippen molar-refractivity contribution in [3.63, 3.8) is 0 Å². The maximum atomic E-state index is 9.29. The number of hydrogen-bond acceptors (Lipinski definition) is 5. The fraction of sp³-hybridized carbons (Fsp3) is 0.643. The third-order valence-corrected chi connectivity index (χ3v) is 5.97. The second-order valence-electron chi connectivity index (χ2n) is 5.85. The number of nitrogens with zero attached hydrogens (tertiary/aromatic N) is 3. The van der Waals surface area contributed by atoms with Crippen molar-refractivity contribution in [3.8, 4) is 0 Å². The first-order chi connectivity index (χ1) is 9.63. The molecule has 0 aromatic rings. The van der Waals surface area contributed by atoms with E-state index in [-0.39, 0.29) is 0 Å². The molecule has 1 aliphatic carbocycles. The molecule has 1 fully saturated rings. The van der Waals surface area contributed by atoms with Crippen molar-refractivity contribution in [2.24, 2.45) is 22.6 Å². The highest BCUT2D eigenvalue weighted by atomic mass is 127. The Labute approximate surface area is 133 Å². The van der Waals surface area contributed by atoms with Gasteiger partial charge < -0.3 is 20.6 Å². The predicted molar refractivity (Wildman–Crippen MR) is 87.7 cm³/mol. The highest BCUT2D eigenvalue weighted by molar-refractivity contribution is 14.1. The van der Waals surface area contributed by atoms with E-state index in [0.29, 0.717) is 30.4 Å². The van der Waals surface area contributed by atoms with Crippen molar-refractivity contribution in [2.45, 2.75) is 31.8 Å². The highest BCUT2D eigenvalue weighted by Gasteiger charge is 2.42. The van der Waals surface area contributed by atoms with E-state index in [1.165, 1.54) is 16.5 Å². The molecule has 0 amide bonds. The molecule has 0 aromatic carbocycles. The summed E-state index contributed by atoms with van der Waals surface area (Å²) in [6.45, 7) is 0.331. The van der Waals surface area contributed by atoms with Crippen molar-refractivity contribution in [2.75, 3.05) is 13.7 Å². The average Bonchev–Trinajstić information content (AvgIpc) is 2.72. The van der Waals surface area contributed by atoms with Crippen LogP contribution in [0.15, 0.2) is 26.8 Å². The zero-order valence-corrected chi connectivity index (χ0v) is 13.8. The standard InChI is InChI=1S/C14H21IN4O/c1-18-12(15)11-13(16)17-6-7-19(11)14(18)10-4-2-9(8-20)3-5-10/h6-7,9-10,14,20H,2-5,8H2,1H3,(H2,16,17)/t9-,10-,14?. The Kier molecular flexibility index (Phi) is 3.94. The molecule has 0 spiro atoms. The summed E-state index contributed by atoms with van der Waals surface area (Å²) in [5.41, 5.74) is 7.09. The first-order valence-corrected chi connectivity index (χ1v) is 8.23. The molecule has 0 radical (unpaired) electrons.